The highest BCUT2D eigenvalue weighted by atomic mass is 16.5. The first-order chi connectivity index (χ1) is 12.5. The topological polar surface area (TPSA) is 88.8 Å². The molecule has 0 aromatic carbocycles. The number of anilines is 1. The van der Waals surface area contributed by atoms with E-state index in [0.717, 1.165) is 45.3 Å². The van der Waals surface area contributed by atoms with Crippen molar-refractivity contribution in [1.29, 1.82) is 0 Å². The van der Waals surface area contributed by atoms with Crippen molar-refractivity contribution in [3.05, 3.63) is 23.9 Å². The number of hydrogen-bond donors (Lipinski definition) is 1. The minimum Gasteiger partial charge on any atom is -0.385 e. The molecule has 2 saturated heterocycles. The summed E-state index contributed by atoms with van der Waals surface area (Å²) in [6.07, 6.45) is 5.86. The molecule has 2 aliphatic rings. The van der Waals surface area contributed by atoms with Crippen molar-refractivity contribution in [1.82, 2.24) is 14.8 Å². The lowest BCUT2D eigenvalue weighted by atomic mass is 9.73. The smallest absolute Gasteiger partial charge is 0.254 e. The van der Waals surface area contributed by atoms with Crippen molar-refractivity contribution in [3.63, 3.8) is 0 Å². The van der Waals surface area contributed by atoms with E-state index >= 15 is 0 Å². The molecule has 2 amide bonds. The van der Waals surface area contributed by atoms with Gasteiger partial charge in [-0.1, -0.05) is 0 Å². The molecule has 3 heterocycles. The van der Waals surface area contributed by atoms with Gasteiger partial charge in [0.05, 0.1) is 0 Å². The Bertz CT molecular complexity index is 666. The Hall–Kier alpha value is -2.15. The van der Waals surface area contributed by atoms with Crippen LogP contribution in [0, 0.1) is 5.41 Å². The number of rotatable bonds is 5. The Kier molecular flexibility index (Phi) is 5.76. The SMILES string of the molecule is COCCCN1C[C@]2(CCCN(C(=O)c3ccnc(N)c3)C2)CCC1=O. The number of pyridine rings is 1. The number of ether oxygens (including phenoxy) is 1. The van der Waals surface area contributed by atoms with E-state index < -0.39 is 0 Å². The molecule has 2 N–H and O–H groups in total. The van der Waals surface area contributed by atoms with Crippen molar-refractivity contribution in [2.75, 3.05) is 45.6 Å². The second kappa shape index (κ2) is 8.03. The van der Waals surface area contributed by atoms with Gasteiger partial charge in [-0.3, -0.25) is 9.59 Å². The second-order valence-corrected chi connectivity index (χ2v) is 7.46. The first-order valence-electron chi connectivity index (χ1n) is 9.30. The van der Waals surface area contributed by atoms with E-state index in [2.05, 4.69) is 4.98 Å². The second-order valence-electron chi connectivity index (χ2n) is 7.46. The van der Waals surface area contributed by atoms with Crippen molar-refractivity contribution in [2.45, 2.75) is 32.1 Å². The van der Waals surface area contributed by atoms with Gasteiger partial charge in [0.2, 0.25) is 5.91 Å². The lowest BCUT2D eigenvalue weighted by molar-refractivity contribution is -0.139. The maximum absolute atomic E-state index is 12.9. The van der Waals surface area contributed by atoms with Gasteiger partial charge in [-0.2, -0.15) is 0 Å². The van der Waals surface area contributed by atoms with E-state index in [1.54, 1.807) is 25.4 Å². The summed E-state index contributed by atoms with van der Waals surface area (Å²) in [6, 6.07) is 3.34. The van der Waals surface area contributed by atoms with Gasteiger partial charge in [0.15, 0.2) is 0 Å². The van der Waals surface area contributed by atoms with E-state index in [1.807, 2.05) is 9.80 Å². The summed E-state index contributed by atoms with van der Waals surface area (Å²) >= 11 is 0. The van der Waals surface area contributed by atoms with Crippen molar-refractivity contribution in [2.24, 2.45) is 5.41 Å². The fraction of sp³-hybridized carbons (Fsp3) is 0.632. The number of nitrogen functional groups attached to an aromatic ring is 1. The highest BCUT2D eigenvalue weighted by Crippen LogP contribution is 2.39. The Balaban J connectivity index is 1.68. The Morgan fingerprint density at radius 3 is 3.00 bits per heavy atom. The number of nitrogens with two attached hydrogens (primary N) is 1. The standard InChI is InChI=1S/C19H28N4O3/c1-26-11-3-10-22-13-19(7-4-17(22)24)6-2-9-23(14-19)18(25)15-5-8-21-16(20)12-15/h5,8,12H,2-4,6-7,9-11,13-14H2,1H3,(H2,20,21)/t19-/m0/s1. The largest absolute Gasteiger partial charge is 0.385 e. The van der Waals surface area contributed by atoms with Gasteiger partial charge >= 0.3 is 0 Å². The summed E-state index contributed by atoms with van der Waals surface area (Å²) in [5.41, 5.74) is 6.31. The van der Waals surface area contributed by atoms with Crippen LogP contribution in [0.2, 0.25) is 0 Å². The molecule has 7 nitrogen and oxygen atoms in total. The predicted molar refractivity (Wildman–Crippen MR) is 98.5 cm³/mol. The molecule has 2 aliphatic heterocycles. The maximum Gasteiger partial charge on any atom is 0.254 e. The van der Waals surface area contributed by atoms with Gasteiger partial charge in [0, 0.05) is 63.5 Å². The van der Waals surface area contributed by atoms with Crippen LogP contribution in [0.3, 0.4) is 0 Å². The molecule has 0 unspecified atom stereocenters. The van der Waals surface area contributed by atoms with Gasteiger partial charge in [-0.15, -0.1) is 0 Å². The molecule has 1 aromatic heterocycles. The molecule has 1 aromatic rings. The zero-order valence-corrected chi connectivity index (χ0v) is 15.4. The number of amides is 2. The third-order valence-electron chi connectivity index (χ3n) is 5.50. The maximum atomic E-state index is 12.9. The van der Waals surface area contributed by atoms with Crippen LogP contribution in [0.4, 0.5) is 5.82 Å². The van der Waals surface area contributed by atoms with Gasteiger partial charge < -0.3 is 20.3 Å². The van der Waals surface area contributed by atoms with Crippen LogP contribution in [0.15, 0.2) is 18.3 Å². The van der Waals surface area contributed by atoms with Crippen LogP contribution in [0.5, 0.6) is 0 Å². The van der Waals surface area contributed by atoms with Crippen molar-refractivity contribution in [3.8, 4) is 0 Å². The quantitative estimate of drug-likeness (QED) is 0.805. The zero-order chi connectivity index (χ0) is 18.6. The Labute approximate surface area is 154 Å². The fourth-order valence-corrected chi connectivity index (χ4v) is 4.18. The number of piperidine rings is 2. The number of hydrogen-bond acceptors (Lipinski definition) is 5. The number of carbonyl (C=O) groups excluding carboxylic acids is 2. The first-order valence-corrected chi connectivity index (χ1v) is 9.30. The number of methoxy groups -OCH3 is 1. The van der Waals surface area contributed by atoms with Crippen LogP contribution in [-0.2, 0) is 9.53 Å². The van der Waals surface area contributed by atoms with Crippen molar-refractivity contribution >= 4 is 17.6 Å². The lowest BCUT2D eigenvalue weighted by Gasteiger charge is -2.48. The fourth-order valence-electron chi connectivity index (χ4n) is 4.18. The Morgan fingerprint density at radius 2 is 2.23 bits per heavy atom. The van der Waals surface area contributed by atoms with E-state index in [4.69, 9.17) is 10.5 Å². The molecule has 0 aliphatic carbocycles. The van der Waals surface area contributed by atoms with E-state index in [0.29, 0.717) is 31.0 Å². The van der Waals surface area contributed by atoms with E-state index in [1.165, 1.54) is 0 Å². The highest BCUT2D eigenvalue weighted by Gasteiger charge is 2.42. The lowest BCUT2D eigenvalue weighted by Crippen LogP contribution is -2.55. The third kappa shape index (κ3) is 4.15. The molecule has 0 bridgehead atoms. The predicted octanol–water partition coefficient (Wildman–Crippen LogP) is 1.55. The Morgan fingerprint density at radius 1 is 1.38 bits per heavy atom. The average Bonchev–Trinajstić information content (AvgIpc) is 2.64. The van der Waals surface area contributed by atoms with Crippen molar-refractivity contribution < 1.29 is 14.3 Å². The molecule has 7 heteroatoms. The summed E-state index contributed by atoms with van der Waals surface area (Å²) in [4.78, 5) is 33.0. The van der Waals surface area contributed by atoms with Crippen LogP contribution >= 0.6 is 0 Å². The molecule has 142 valence electrons. The number of nitrogens with zero attached hydrogens (tertiary/aromatic N) is 3. The zero-order valence-electron chi connectivity index (χ0n) is 15.4. The molecule has 2 fully saturated rings. The molecular weight excluding hydrogens is 332 g/mol. The average molecular weight is 360 g/mol. The van der Waals surface area contributed by atoms with Crippen LogP contribution in [0.25, 0.3) is 0 Å². The van der Waals surface area contributed by atoms with Crippen LogP contribution in [0.1, 0.15) is 42.5 Å². The molecule has 1 spiro atoms. The third-order valence-corrected chi connectivity index (χ3v) is 5.50. The number of carbonyl (C=O) groups is 2. The summed E-state index contributed by atoms with van der Waals surface area (Å²) < 4.78 is 5.11. The highest BCUT2D eigenvalue weighted by molar-refractivity contribution is 5.94. The molecule has 0 radical (unpaired) electrons. The van der Waals surface area contributed by atoms with Crippen LogP contribution < -0.4 is 5.73 Å². The van der Waals surface area contributed by atoms with Gasteiger partial charge in [0.1, 0.15) is 5.82 Å². The minimum absolute atomic E-state index is 0.000933. The van der Waals surface area contributed by atoms with E-state index in [9.17, 15) is 9.59 Å². The van der Waals surface area contributed by atoms with Gasteiger partial charge in [0.25, 0.3) is 5.91 Å². The molecule has 1 atom stereocenters. The first kappa shape index (κ1) is 18.6. The van der Waals surface area contributed by atoms with Crippen LogP contribution in [-0.4, -0.2) is 66.5 Å². The molecular formula is C19H28N4O3. The molecule has 26 heavy (non-hydrogen) atoms. The van der Waals surface area contributed by atoms with Gasteiger partial charge in [-0.25, -0.2) is 4.98 Å². The summed E-state index contributed by atoms with van der Waals surface area (Å²) in [5.74, 6) is 0.577. The van der Waals surface area contributed by atoms with E-state index in [-0.39, 0.29) is 17.2 Å². The summed E-state index contributed by atoms with van der Waals surface area (Å²) in [6.45, 7) is 3.56. The summed E-state index contributed by atoms with van der Waals surface area (Å²) in [5, 5.41) is 0. The normalized spacial score (nSPS) is 23.5. The molecule has 3 rings (SSSR count). The minimum atomic E-state index is 0.000933. The number of likely N-dealkylation sites (tertiary alicyclic amines) is 2. The molecule has 0 saturated carbocycles. The van der Waals surface area contributed by atoms with Gasteiger partial charge in [-0.05, 0) is 37.8 Å². The summed E-state index contributed by atoms with van der Waals surface area (Å²) in [7, 11) is 1.68. The monoisotopic (exact) mass is 360 g/mol. The number of aromatic nitrogens is 1.